The molecule has 0 unspecified atom stereocenters. The van der Waals surface area contributed by atoms with Gasteiger partial charge in [0.1, 0.15) is 12.4 Å². The fourth-order valence-corrected chi connectivity index (χ4v) is 4.79. The van der Waals surface area contributed by atoms with Crippen LogP contribution in [0.25, 0.3) is 10.9 Å². The highest BCUT2D eigenvalue weighted by Gasteiger charge is 2.49. The van der Waals surface area contributed by atoms with Crippen LogP contribution in [0.2, 0.25) is 0 Å². The summed E-state index contributed by atoms with van der Waals surface area (Å²) in [6, 6.07) is 4.91. The van der Waals surface area contributed by atoms with E-state index in [4.69, 9.17) is 9.47 Å². The smallest absolute Gasteiger partial charge is 0.336 e. The van der Waals surface area contributed by atoms with Gasteiger partial charge in [-0.25, -0.2) is 14.1 Å². The summed E-state index contributed by atoms with van der Waals surface area (Å²) in [7, 11) is 1.37. The predicted molar refractivity (Wildman–Crippen MR) is 121 cm³/mol. The number of likely N-dealkylation sites (tertiary alicyclic amines) is 1. The van der Waals surface area contributed by atoms with E-state index in [1.54, 1.807) is 30.5 Å². The van der Waals surface area contributed by atoms with E-state index in [9.17, 15) is 14.3 Å². The van der Waals surface area contributed by atoms with Crippen LogP contribution in [0.1, 0.15) is 45.9 Å². The SMILES string of the molecule is COc1cc(C)c2[nH]ccc2c1C(F)(F)N1CC[C@@H](OCCF)C[C@H]1c1ccc(C(=O)O)cc1. The van der Waals surface area contributed by atoms with Gasteiger partial charge in [-0.1, -0.05) is 12.1 Å². The van der Waals surface area contributed by atoms with Crippen molar-refractivity contribution in [2.24, 2.45) is 0 Å². The molecule has 0 saturated carbocycles. The number of halogens is 3. The molecule has 182 valence electrons. The van der Waals surface area contributed by atoms with Gasteiger partial charge in [0.25, 0.3) is 0 Å². The van der Waals surface area contributed by atoms with Crippen LogP contribution in [0.4, 0.5) is 13.2 Å². The van der Waals surface area contributed by atoms with Crippen molar-refractivity contribution in [1.82, 2.24) is 9.88 Å². The van der Waals surface area contributed by atoms with Gasteiger partial charge < -0.3 is 19.6 Å². The Morgan fingerprint density at radius 3 is 2.65 bits per heavy atom. The summed E-state index contributed by atoms with van der Waals surface area (Å²) in [6.07, 6.45) is 1.76. The molecule has 2 atom stereocenters. The minimum absolute atomic E-state index is 0.00174. The monoisotopic (exact) mass is 476 g/mol. The third-order valence-electron chi connectivity index (χ3n) is 6.41. The second kappa shape index (κ2) is 9.68. The van der Waals surface area contributed by atoms with Gasteiger partial charge in [-0.15, -0.1) is 0 Å². The lowest BCUT2D eigenvalue weighted by Crippen LogP contribution is -2.48. The molecule has 6 nitrogen and oxygen atoms in total. The lowest BCUT2D eigenvalue weighted by Gasteiger charge is -2.44. The van der Waals surface area contributed by atoms with Crippen LogP contribution in [0.3, 0.4) is 0 Å². The van der Waals surface area contributed by atoms with Crippen LogP contribution < -0.4 is 4.74 Å². The van der Waals surface area contributed by atoms with Gasteiger partial charge in [-0.05, 0) is 55.2 Å². The number of ether oxygens (including phenoxy) is 2. The van der Waals surface area contributed by atoms with Gasteiger partial charge in [0.15, 0.2) is 0 Å². The number of aryl methyl sites for hydroxylation is 1. The number of aromatic amines is 1. The molecule has 3 aromatic rings. The Balaban J connectivity index is 1.78. The molecule has 0 spiro atoms. The van der Waals surface area contributed by atoms with E-state index in [0.29, 0.717) is 22.9 Å². The van der Waals surface area contributed by atoms with E-state index < -0.39 is 24.7 Å². The summed E-state index contributed by atoms with van der Waals surface area (Å²) in [5.74, 6) is -1.01. The minimum atomic E-state index is -3.42. The molecule has 1 saturated heterocycles. The number of alkyl halides is 3. The number of nitrogens with one attached hydrogen (secondary N) is 1. The van der Waals surface area contributed by atoms with Gasteiger partial charge in [0.05, 0.1) is 30.9 Å². The molecule has 2 aromatic carbocycles. The second-order valence-corrected chi connectivity index (χ2v) is 8.42. The number of hydrogen-bond donors (Lipinski definition) is 2. The summed E-state index contributed by atoms with van der Waals surface area (Å²) in [4.78, 5) is 15.4. The van der Waals surface area contributed by atoms with Crippen molar-refractivity contribution < 1.29 is 32.5 Å². The largest absolute Gasteiger partial charge is 0.496 e. The first kappa shape index (κ1) is 24.1. The topological polar surface area (TPSA) is 74.8 Å². The number of carboxylic acid groups (broad SMARTS) is 1. The van der Waals surface area contributed by atoms with Crippen molar-refractivity contribution in [3.63, 3.8) is 0 Å². The molecule has 9 heteroatoms. The van der Waals surface area contributed by atoms with E-state index in [2.05, 4.69) is 4.98 Å². The molecule has 0 radical (unpaired) electrons. The zero-order valence-corrected chi connectivity index (χ0v) is 19.0. The van der Waals surface area contributed by atoms with Crippen molar-refractivity contribution in [1.29, 1.82) is 0 Å². The lowest BCUT2D eigenvalue weighted by atomic mass is 9.90. The maximum atomic E-state index is 16.4. The Labute approximate surface area is 195 Å². The molecule has 0 bridgehead atoms. The predicted octanol–water partition coefficient (Wildman–Crippen LogP) is 5.42. The molecule has 1 fully saturated rings. The van der Waals surface area contributed by atoms with E-state index in [1.807, 2.05) is 6.92 Å². The van der Waals surface area contributed by atoms with E-state index in [1.165, 1.54) is 19.2 Å². The van der Waals surface area contributed by atoms with Crippen LogP contribution >= 0.6 is 0 Å². The molecule has 2 heterocycles. The normalized spacial score (nSPS) is 19.4. The average molecular weight is 476 g/mol. The Hall–Kier alpha value is -3.04. The Kier molecular flexibility index (Phi) is 6.86. The third kappa shape index (κ3) is 4.37. The van der Waals surface area contributed by atoms with Gasteiger partial charge in [-0.3, -0.25) is 0 Å². The first-order valence-corrected chi connectivity index (χ1v) is 11.1. The number of H-pyrrole nitrogens is 1. The average Bonchev–Trinajstić information content (AvgIpc) is 3.32. The Morgan fingerprint density at radius 2 is 2.00 bits per heavy atom. The first-order valence-electron chi connectivity index (χ1n) is 11.1. The maximum absolute atomic E-state index is 16.4. The van der Waals surface area contributed by atoms with Crippen LogP contribution in [-0.4, -0.2) is 54.0 Å². The highest BCUT2D eigenvalue weighted by molar-refractivity contribution is 5.89. The molecular weight excluding hydrogens is 449 g/mol. The molecule has 34 heavy (non-hydrogen) atoms. The fraction of sp³-hybridized carbons (Fsp3) is 0.400. The van der Waals surface area contributed by atoms with E-state index in [-0.39, 0.29) is 42.6 Å². The minimum Gasteiger partial charge on any atom is -0.496 e. The zero-order chi connectivity index (χ0) is 24.5. The number of nitrogens with zero attached hydrogens (tertiary/aromatic N) is 1. The number of carbonyl (C=O) groups is 1. The van der Waals surface area contributed by atoms with Crippen LogP contribution in [0.15, 0.2) is 42.6 Å². The molecule has 1 aliphatic rings. The van der Waals surface area contributed by atoms with Crippen molar-refractivity contribution >= 4 is 16.9 Å². The van der Waals surface area contributed by atoms with Crippen LogP contribution in [0, 0.1) is 6.92 Å². The third-order valence-corrected chi connectivity index (χ3v) is 6.41. The molecule has 4 rings (SSSR count). The zero-order valence-electron chi connectivity index (χ0n) is 19.0. The summed E-state index contributed by atoms with van der Waals surface area (Å²) in [6.45, 7) is 1.07. The number of fused-ring (bicyclic) bond motifs is 1. The number of aromatic nitrogens is 1. The van der Waals surface area contributed by atoms with Crippen LogP contribution in [0.5, 0.6) is 5.75 Å². The highest BCUT2D eigenvalue weighted by Crippen LogP contribution is 2.49. The van der Waals surface area contributed by atoms with Crippen LogP contribution in [-0.2, 0) is 10.8 Å². The number of methoxy groups -OCH3 is 1. The molecule has 1 aliphatic heterocycles. The number of aromatic carboxylic acids is 1. The first-order chi connectivity index (χ1) is 16.3. The fourth-order valence-electron chi connectivity index (χ4n) is 4.79. The number of carboxylic acids is 1. The quantitative estimate of drug-likeness (QED) is 0.425. The Bertz CT molecular complexity index is 1160. The lowest BCUT2D eigenvalue weighted by molar-refractivity contribution is -0.196. The molecule has 0 aliphatic carbocycles. The Morgan fingerprint density at radius 1 is 1.26 bits per heavy atom. The molecule has 0 amide bonds. The van der Waals surface area contributed by atoms with Gasteiger partial charge in [0.2, 0.25) is 0 Å². The van der Waals surface area contributed by atoms with Crippen molar-refractivity contribution in [3.8, 4) is 5.75 Å². The number of piperidine rings is 1. The van der Waals surface area contributed by atoms with E-state index >= 15 is 8.78 Å². The van der Waals surface area contributed by atoms with E-state index in [0.717, 1.165) is 10.5 Å². The van der Waals surface area contributed by atoms with Gasteiger partial charge in [-0.2, -0.15) is 8.78 Å². The second-order valence-electron chi connectivity index (χ2n) is 8.42. The number of benzene rings is 2. The van der Waals surface area contributed by atoms with Gasteiger partial charge >= 0.3 is 12.0 Å². The molecule has 2 N–H and O–H groups in total. The summed E-state index contributed by atoms with van der Waals surface area (Å²) < 4.78 is 56.4. The van der Waals surface area contributed by atoms with Crippen molar-refractivity contribution in [3.05, 3.63) is 64.8 Å². The number of hydrogen-bond acceptors (Lipinski definition) is 4. The summed E-state index contributed by atoms with van der Waals surface area (Å²) >= 11 is 0. The molecule has 1 aromatic heterocycles. The van der Waals surface area contributed by atoms with Crippen molar-refractivity contribution in [2.45, 2.75) is 38.0 Å². The molecular formula is C25H27F3N2O4. The number of rotatable bonds is 8. The summed E-state index contributed by atoms with van der Waals surface area (Å²) in [5.41, 5.74) is 1.77. The highest BCUT2D eigenvalue weighted by atomic mass is 19.3. The summed E-state index contributed by atoms with van der Waals surface area (Å²) in [5, 5.41) is 9.59. The van der Waals surface area contributed by atoms with Gasteiger partial charge in [0, 0.05) is 29.7 Å². The maximum Gasteiger partial charge on any atom is 0.336 e. The van der Waals surface area contributed by atoms with Crippen molar-refractivity contribution in [2.75, 3.05) is 26.9 Å². The standard InChI is InChI=1S/C25H27F3N2O4/c1-15-13-21(33-2)22(19-7-10-29-23(15)19)25(27,28)30-11-8-18(34-12-9-26)14-20(30)16-3-5-17(6-4-16)24(31)32/h3-7,10,13,18,20,29H,8-9,11-12,14H2,1-2H3,(H,31,32)/t18-,20+/m1/s1.